The van der Waals surface area contributed by atoms with Gasteiger partial charge in [-0.2, -0.15) is 5.10 Å². The Kier molecular flexibility index (Phi) is 7.63. The zero-order valence-corrected chi connectivity index (χ0v) is 20.4. The first-order valence-corrected chi connectivity index (χ1v) is 11.7. The van der Waals surface area contributed by atoms with Crippen molar-refractivity contribution >= 4 is 40.7 Å². The van der Waals surface area contributed by atoms with Crippen LogP contribution in [0.3, 0.4) is 0 Å². The Bertz CT molecular complexity index is 1410. The molecule has 3 aromatic rings. The highest BCUT2D eigenvalue weighted by Crippen LogP contribution is 2.29. The fraction of sp³-hybridized carbons (Fsp3) is 0.200. The standard InChI is InChI=1S/C25H22ClN5O6/c1-14-22-19(27-28-21(32)12-15-8-10-18(11-9-15)31(35)36)6-3-7-20(22)37-23(14)25(34)30-29-24(33)16-4-2-5-17(26)13-16/h2,4-5,8-11,13H,3,6-7,12H2,1H3,(H,28,32)(H,29,33)(H,30,34)/b27-19+. The van der Waals surface area contributed by atoms with E-state index in [-0.39, 0.29) is 23.4 Å². The van der Waals surface area contributed by atoms with E-state index in [0.29, 0.717) is 52.4 Å². The largest absolute Gasteiger partial charge is 0.455 e. The van der Waals surface area contributed by atoms with Gasteiger partial charge in [-0.25, -0.2) is 5.43 Å². The van der Waals surface area contributed by atoms with Crippen molar-refractivity contribution < 1.29 is 23.7 Å². The molecule has 2 aromatic carbocycles. The molecule has 3 N–H and O–H groups in total. The number of hydrogen-bond donors (Lipinski definition) is 3. The van der Waals surface area contributed by atoms with Gasteiger partial charge >= 0.3 is 5.91 Å². The summed E-state index contributed by atoms with van der Waals surface area (Å²) in [4.78, 5) is 47.7. The lowest BCUT2D eigenvalue weighted by molar-refractivity contribution is -0.384. The molecule has 11 nitrogen and oxygen atoms in total. The number of amides is 3. The van der Waals surface area contributed by atoms with E-state index in [9.17, 15) is 24.5 Å². The van der Waals surface area contributed by atoms with Crippen molar-refractivity contribution in [3.05, 3.63) is 97.4 Å². The molecule has 0 aliphatic heterocycles. The molecule has 37 heavy (non-hydrogen) atoms. The Morgan fingerprint density at radius 3 is 2.51 bits per heavy atom. The van der Waals surface area contributed by atoms with Gasteiger partial charge in [0.25, 0.3) is 11.6 Å². The second-order valence-corrected chi connectivity index (χ2v) is 8.76. The van der Waals surface area contributed by atoms with Crippen LogP contribution in [0.4, 0.5) is 5.69 Å². The Labute approximate surface area is 216 Å². The Morgan fingerprint density at radius 1 is 1.08 bits per heavy atom. The van der Waals surface area contributed by atoms with E-state index >= 15 is 0 Å². The number of nitrogens with zero attached hydrogens (tertiary/aromatic N) is 2. The molecule has 0 unspecified atom stereocenters. The normalized spacial score (nSPS) is 13.5. The second-order valence-electron chi connectivity index (χ2n) is 8.32. The lowest BCUT2D eigenvalue weighted by Crippen LogP contribution is -2.41. The molecule has 0 spiro atoms. The molecule has 190 valence electrons. The summed E-state index contributed by atoms with van der Waals surface area (Å²) < 4.78 is 5.79. The zero-order valence-electron chi connectivity index (χ0n) is 19.7. The fourth-order valence-electron chi connectivity index (χ4n) is 3.96. The molecule has 4 rings (SSSR count). The van der Waals surface area contributed by atoms with Gasteiger partial charge in [0.1, 0.15) is 5.76 Å². The summed E-state index contributed by atoms with van der Waals surface area (Å²) in [6.45, 7) is 1.70. The topological polar surface area (TPSA) is 156 Å². The van der Waals surface area contributed by atoms with Crippen molar-refractivity contribution in [3.8, 4) is 0 Å². The average molecular weight is 524 g/mol. The second kappa shape index (κ2) is 11.0. The van der Waals surface area contributed by atoms with E-state index < -0.39 is 22.6 Å². The smallest absolute Gasteiger partial charge is 0.305 e. The third kappa shape index (κ3) is 6.01. The zero-order chi connectivity index (χ0) is 26.5. The number of hydrazine groups is 1. The number of furan rings is 1. The van der Waals surface area contributed by atoms with Crippen LogP contribution < -0.4 is 16.3 Å². The van der Waals surface area contributed by atoms with Gasteiger partial charge in [-0.15, -0.1) is 0 Å². The van der Waals surface area contributed by atoms with Crippen LogP contribution in [-0.4, -0.2) is 28.4 Å². The first kappa shape index (κ1) is 25.6. The van der Waals surface area contributed by atoms with Crippen LogP contribution in [0.2, 0.25) is 5.02 Å². The van der Waals surface area contributed by atoms with Gasteiger partial charge < -0.3 is 4.42 Å². The predicted octanol–water partition coefficient (Wildman–Crippen LogP) is 3.62. The van der Waals surface area contributed by atoms with Gasteiger partial charge in [-0.1, -0.05) is 29.8 Å². The van der Waals surface area contributed by atoms with Crippen LogP contribution >= 0.6 is 11.6 Å². The van der Waals surface area contributed by atoms with E-state index in [2.05, 4.69) is 21.4 Å². The van der Waals surface area contributed by atoms with Crippen molar-refractivity contribution in [1.82, 2.24) is 16.3 Å². The molecule has 0 saturated heterocycles. The highest BCUT2D eigenvalue weighted by Gasteiger charge is 2.28. The molecule has 12 heteroatoms. The van der Waals surface area contributed by atoms with Crippen LogP contribution in [-0.2, 0) is 17.6 Å². The molecular formula is C25H22ClN5O6. The molecule has 0 fully saturated rings. The van der Waals surface area contributed by atoms with Gasteiger partial charge in [-0.3, -0.25) is 35.3 Å². The molecule has 0 saturated carbocycles. The van der Waals surface area contributed by atoms with Crippen LogP contribution in [0.15, 0.2) is 58.0 Å². The van der Waals surface area contributed by atoms with E-state index in [4.69, 9.17) is 16.0 Å². The minimum Gasteiger partial charge on any atom is -0.455 e. The first-order chi connectivity index (χ1) is 17.7. The highest BCUT2D eigenvalue weighted by molar-refractivity contribution is 6.31. The van der Waals surface area contributed by atoms with E-state index in [1.807, 2.05) is 0 Å². The quantitative estimate of drug-likeness (QED) is 0.331. The van der Waals surface area contributed by atoms with Gasteiger partial charge in [0.15, 0.2) is 5.76 Å². The molecule has 1 aliphatic carbocycles. The number of fused-ring (bicyclic) bond motifs is 1. The summed E-state index contributed by atoms with van der Waals surface area (Å²) in [5.41, 5.74) is 9.77. The molecule has 0 radical (unpaired) electrons. The maximum Gasteiger partial charge on any atom is 0.305 e. The number of halogens is 1. The summed E-state index contributed by atoms with van der Waals surface area (Å²) in [6, 6.07) is 12.0. The SMILES string of the molecule is Cc1c(C(=O)NNC(=O)c2cccc(Cl)c2)oc2c1/C(=N/NC(=O)Cc1ccc([N+](=O)[O-])cc1)CCC2. The van der Waals surface area contributed by atoms with Crippen molar-refractivity contribution in [2.45, 2.75) is 32.6 Å². The number of nitrogens with one attached hydrogen (secondary N) is 3. The summed E-state index contributed by atoms with van der Waals surface area (Å²) in [5.74, 6) is -0.968. The van der Waals surface area contributed by atoms with Crippen molar-refractivity contribution in [2.75, 3.05) is 0 Å². The van der Waals surface area contributed by atoms with Crippen LogP contribution in [0.25, 0.3) is 0 Å². The number of carbonyl (C=O) groups excluding carboxylic acids is 3. The summed E-state index contributed by atoms with van der Waals surface area (Å²) >= 11 is 5.90. The number of nitro groups is 1. The fourth-order valence-corrected chi connectivity index (χ4v) is 4.15. The van der Waals surface area contributed by atoms with Gasteiger partial charge in [0.05, 0.1) is 17.1 Å². The molecule has 0 atom stereocenters. The van der Waals surface area contributed by atoms with E-state index in [0.717, 1.165) is 0 Å². The molecule has 1 heterocycles. The molecule has 1 aliphatic rings. The van der Waals surface area contributed by atoms with Crippen LogP contribution in [0.5, 0.6) is 0 Å². The number of carbonyl (C=O) groups is 3. The third-order valence-electron chi connectivity index (χ3n) is 5.74. The predicted molar refractivity (Wildman–Crippen MR) is 134 cm³/mol. The molecule has 3 amide bonds. The van der Waals surface area contributed by atoms with Crippen molar-refractivity contribution in [2.24, 2.45) is 5.10 Å². The number of hydrazone groups is 1. The van der Waals surface area contributed by atoms with Gasteiger partial charge in [0, 0.05) is 40.3 Å². The number of rotatable bonds is 6. The number of hydrogen-bond acceptors (Lipinski definition) is 7. The van der Waals surface area contributed by atoms with E-state index in [1.54, 1.807) is 25.1 Å². The minimum atomic E-state index is -0.635. The molecule has 1 aromatic heterocycles. The lowest BCUT2D eigenvalue weighted by Gasteiger charge is -2.13. The number of nitro benzene ring substituents is 1. The number of benzene rings is 2. The van der Waals surface area contributed by atoms with Crippen LogP contribution in [0, 0.1) is 17.0 Å². The Hall–Kier alpha value is -4.51. The summed E-state index contributed by atoms with van der Waals surface area (Å²) in [7, 11) is 0. The Morgan fingerprint density at radius 2 is 1.81 bits per heavy atom. The lowest BCUT2D eigenvalue weighted by atomic mass is 9.93. The molecule has 0 bridgehead atoms. The molecular weight excluding hydrogens is 502 g/mol. The van der Waals surface area contributed by atoms with Gasteiger partial charge in [0.2, 0.25) is 5.91 Å². The maximum absolute atomic E-state index is 12.7. The Balaban J connectivity index is 1.42. The average Bonchev–Trinajstić information content (AvgIpc) is 3.23. The summed E-state index contributed by atoms with van der Waals surface area (Å²) in [5, 5.41) is 15.4. The van der Waals surface area contributed by atoms with Crippen molar-refractivity contribution in [3.63, 3.8) is 0 Å². The number of non-ortho nitro benzene ring substituents is 1. The maximum atomic E-state index is 12.7. The van der Waals surface area contributed by atoms with Crippen LogP contribution in [0.1, 0.15) is 56.2 Å². The van der Waals surface area contributed by atoms with Crippen molar-refractivity contribution in [1.29, 1.82) is 0 Å². The monoisotopic (exact) mass is 523 g/mol. The van der Waals surface area contributed by atoms with Gasteiger partial charge in [-0.05, 0) is 43.5 Å². The summed E-state index contributed by atoms with van der Waals surface area (Å²) in [6.07, 6.45) is 1.86. The number of aryl methyl sites for hydroxylation is 1. The highest BCUT2D eigenvalue weighted by atomic mass is 35.5. The van der Waals surface area contributed by atoms with E-state index in [1.165, 1.54) is 30.3 Å². The third-order valence-corrected chi connectivity index (χ3v) is 5.97. The minimum absolute atomic E-state index is 0.00796. The first-order valence-electron chi connectivity index (χ1n) is 11.3.